The van der Waals surface area contributed by atoms with Gasteiger partial charge in [-0.1, -0.05) is 0 Å². The van der Waals surface area contributed by atoms with Gasteiger partial charge in [-0.25, -0.2) is 0 Å². The predicted molar refractivity (Wildman–Crippen MR) is 115 cm³/mol. The van der Waals surface area contributed by atoms with Crippen LogP contribution in [-0.4, -0.2) is 77.5 Å². The summed E-state index contributed by atoms with van der Waals surface area (Å²) in [5.41, 5.74) is 0.428. The van der Waals surface area contributed by atoms with Crippen molar-refractivity contribution in [3.63, 3.8) is 0 Å². The Labute approximate surface area is 207 Å². The first-order valence-electron chi connectivity index (χ1n) is 11.7. The zero-order valence-electron chi connectivity index (χ0n) is 19.4. The van der Waals surface area contributed by atoms with E-state index < -0.39 is 60.5 Å². The average molecular weight is 534 g/mol. The molecular weight excluding hydrogens is 510 g/mol. The first-order chi connectivity index (χ1) is 17.2. The molecular formula is C23H24F6N4O4. The number of alkyl halides is 6. The van der Waals surface area contributed by atoms with Gasteiger partial charge in [0.2, 0.25) is 11.8 Å². The topological polar surface area (TPSA) is 98.8 Å². The molecule has 37 heavy (non-hydrogen) atoms. The third-order valence-electron chi connectivity index (χ3n) is 6.93. The van der Waals surface area contributed by atoms with Gasteiger partial charge in [0.05, 0.1) is 6.54 Å². The molecule has 0 bridgehead atoms. The molecule has 0 aromatic heterocycles. The first kappa shape index (κ1) is 26.9. The number of halogens is 6. The van der Waals surface area contributed by atoms with Gasteiger partial charge >= 0.3 is 12.4 Å². The molecule has 1 aromatic rings. The van der Waals surface area contributed by atoms with Gasteiger partial charge in [-0.3, -0.25) is 29.4 Å². The fourth-order valence-electron chi connectivity index (χ4n) is 5.11. The average Bonchev–Trinajstić information content (AvgIpc) is 3.12. The van der Waals surface area contributed by atoms with Gasteiger partial charge in [0.25, 0.3) is 11.8 Å². The summed E-state index contributed by atoms with van der Waals surface area (Å²) < 4.78 is 79.2. The minimum absolute atomic E-state index is 0.0536. The number of piperidine rings is 2. The third-order valence-corrected chi connectivity index (χ3v) is 6.93. The Morgan fingerprint density at radius 1 is 1.05 bits per heavy atom. The molecule has 2 fully saturated rings. The number of nitrogens with one attached hydrogen (secondary N) is 2. The van der Waals surface area contributed by atoms with Gasteiger partial charge in [-0.2, -0.15) is 26.3 Å². The highest BCUT2D eigenvalue weighted by Gasteiger charge is 2.47. The van der Waals surface area contributed by atoms with Crippen molar-refractivity contribution < 1.29 is 45.5 Å². The van der Waals surface area contributed by atoms with Crippen LogP contribution in [0, 0.1) is 5.92 Å². The van der Waals surface area contributed by atoms with E-state index in [-0.39, 0.29) is 56.4 Å². The number of likely N-dealkylation sites (tertiary alicyclic amines) is 1. The van der Waals surface area contributed by atoms with Gasteiger partial charge in [0, 0.05) is 24.1 Å². The summed E-state index contributed by atoms with van der Waals surface area (Å²) in [7, 11) is 0. The first-order valence-corrected chi connectivity index (χ1v) is 11.7. The lowest BCUT2D eigenvalue weighted by molar-refractivity contribution is -0.173. The maximum atomic E-state index is 13.8. The number of hydrogen-bond acceptors (Lipinski definition) is 5. The molecule has 14 heteroatoms. The van der Waals surface area contributed by atoms with Crippen LogP contribution in [0.5, 0.6) is 0 Å². The Balaban J connectivity index is 1.44. The fraction of sp³-hybridized carbons (Fsp3) is 0.565. The summed E-state index contributed by atoms with van der Waals surface area (Å²) in [4.78, 5) is 51.4. The van der Waals surface area contributed by atoms with E-state index in [0.717, 1.165) is 4.90 Å². The predicted octanol–water partition coefficient (Wildman–Crippen LogP) is 2.38. The summed E-state index contributed by atoms with van der Waals surface area (Å²) >= 11 is 0. The van der Waals surface area contributed by atoms with Gasteiger partial charge in [0.1, 0.15) is 12.1 Å². The van der Waals surface area contributed by atoms with E-state index in [9.17, 15) is 45.5 Å². The van der Waals surface area contributed by atoms with Crippen LogP contribution >= 0.6 is 0 Å². The van der Waals surface area contributed by atoms with E-state index in [4.69, 9.17) is 0 Å². The summed E-state index contributed by atoms with van der Waals surface area (Å²) in [5.74, 6) is -3.68. The van der Waals surface area contributed by atoms with Gasteiger partial charge in [-0.15, -0.1) is 0 Å². The van der Waals surface area contributed by atoms with Crippen molar-refractivity contribution in [3.05, 3.63) is 34.9 Å². The van der Waals surface area contributed by atoms with Crippen molar-refractivity contribution in [2.45, 2.75) is 56.7 Å². The highest BCUT2D eigenvalue weighted by molar-refractivity contribution is 6.06. The summed E-state index contributed by atoms with van der Waals surface area (Å²) in [6.07, 6.45) is -9.42. The van der Waals surface area contributed by atoms with Crippen LogP contribution in [0.25, 0.3) is 0 Å². The van der Waals surface area contributed by atoms with Crippen LogP contribution in [0.15, 0.2) is 18.2 Å². The second-order valence-electron chi connectivity index (χ2n) is 9.49. The van der Waals surface area contributed by atoms with Crippen LogP contribution in [0.4, 0.5) is 26.3 Å². The Kier molecular flexibility index (Phi) is 7.23. The number of imide groups is 1. The van der Waals surface area contributed by atoms with Gasteiger partial charge in [0.15, 0.2) is 0 Å². The van der Waals surface area contributed by atoms with Crippen LogP contribution in [0.2, 0.25) is 0 Å². The number of amides is 4. The molecule has 2 atom stereocenters. The minimum atomic E-state index is -4.82. The zero-order valence-corrected chi connectivity index (χ0v) is 19.4. The quantitative estimate of drug-likeness (QED) is 0.447. The summed E-state index contributed by atoms with van der Waals surface area (Å²) in [6.45, 7) is -1.61. The molecule has 202 valence electrons. The second-order valence-corrected chi connectivity index (χ2v) is 9.49. The molecule has 0 spiro atoms. The van der Waals surface area contributed by atoms with Crippen molar-refractivity contribution in [2.24, 2.45) is 5.92 Å². The molecule has 2 saturated heterocycles. The Morgan fingerprint density at radius 3 is 2.32 bits per heavy atom. The largest absolute Gasteiger partial charge is 0.408 e. The lowest BCUT2D eigenvalue weighted by Gasteiger charge is -2.37. The lowest BCUT2D eigenvalue weighted by atomic mass is 9.88. The summed E-state index contributed by atoms with van der Waals surface area (Å²) in [5, 5.41) is 4.15. The molecule has 3 heterocycles. The van der Waals surface area contributed by atoms with Gasteiger partial charge in [-0.05, 0) is 62.0 Å². The smallest absolute Gasteiger partial charge is 0.340 e. The number of carbonyl (C=O) groups is 4. The lowest BCUT2D eigenvalue weighted by Crippen LogP contribution is -2.53. The Morgan fingerprint density at radius 2 is 1.73 bits per heavy atom. The van der Waals surface area contributed by atoms with Crippen molar-refractivity contribution in [1.82, 2.24) is 20.4 Å². The number of carbonyl (C=O) groups excluding carboxylic acids is 4. The van der Waals surface area contributed by atoms with E-state index in [1.54, 1.807) is 0 Å². The third kappa shape index (κ3) is 6.05. The number of rotatable bonds is 5. The highest BCUT2D eigenvalue weighted by Crippen LogP contribution is 2.33. The SMILES string of the molecule is O=C1CCC(N2Cc3cc(C(=O)NC(C4CCN(CC(F)(F)F)CC4)C(F)(F)F)ccc3C2=O)C(=O)N1. The van der Waals surface area contributed by atoms with Crippen LogP contribution < -0.4 is 10.6 Å². The number of nitrogens with zero attached hydrogens (tertiary/aromatic N) is 2. The number of hydrogen-bond donors (Lipinski definition) is 2. The van der Waals surface area contributed by atoms with Gasteiger partial charge < -0.3 is 10.2 Å². The van der Waals surface area contributed by atoms with Crippen molar-refractivity contribution in [2.75, 3.05) is 19.6 Å². The molecule has 4 amide bonds. The van der Waals surface area contributed by atoms with Crippen LogP contribution in [-0.2, 0) is 16.1 Å². The Bertz CT molecular complexity index is 1100. The fourth-order valence-corrected chi connectivity index (χ4v) is 5.11. The molecule has 1 aromatic carbocycles. The minimum Gasteiger partial charge on any atom is -0.340 e. The maximum absolute atomic E-state index is 13.8. The van der Waals surface area contributed by atoms with Crippen molar-refractivity contribution >= 4 is 23.6 Å². The van der Waals surface area contributed by atoms with E-state index in [1.807, 2.05) is 5.32 Å². The zero-order chi connectivity index (χ0) is 27.1. The molecule has 2 unspecified atom stereocenters. The molecule has 0 radical (unpaired) electrons. The molecule has 3 aliphatic rings. The Hall–Kier alpha value is -3.16. The molecule has 0 saturated carbocycles. The number of benzene rings is 1. The van der Waals surface area contributed by atoms with E-state index in [1.165, 1.54) is 23.1 Å². The maximum Gasteiger partial charge on any atom is 0.408 e. The number of fused-ring (bicyclic) bond motifs is 1. The molecule has 0 aliphatic carbocycles. The molecule has 8 nitrogen and oxygen atoms in total. The van der Waals surface area contributed by atoms with Crippen molar-refractivity contribution in [3.8, 4) is 0 Å². The molecule has 2 N–H and O–H groups in total. The van der Waals surface area contributed by atoms with E-state index >= 15 is 0 Å². The molecule has 3 aliphatic heterocycles. The molecule has 4 rings (SSSR count). The highest BCUT2D eigenvalue weighted by atomic mass is 19.4. The van der Waals surface area contributed by atoms with Crippen LogP contribution in [0.1, 0.15) is 52.0 Å². The monoisotopic (exact) mass is 534 g/mol. The van der Waals surface area contributed by atoms with Crippen molar-refractivity contribution in [1.29, 1.82) is 0 Å². The van der Waals surface area contributed by atoms with E-state index in [2.05, 4.69) is 5.32 Å². The normalized spacial score (nSPS) is 22.6. The van der Waals surface area contributed by atoms with Crippen LogP contribution in [0.3, 0.4) is 0 Å². The standard InChI is InChI=1S/C23H24F6N4O4/c24-22(25,26)11-32-7-5-12(6-8-32)18(23(27,28)29)31-19(35)13-1-2-15-14(9-13)10-33(21(15)37)16-3-4-17(34)30-20(16)36/h1-2,9,12,16,18H,3-8,10-11H2,(H,31,35)(H,30,34,36). The second kappa shape index (κ2) is 9.95. The summed E-state index contributed by atoms with van der Waals surface area (Å²) in [6, 6.07) is 0.666. The van der Waals surface area contributed by atoms with E-state index in [0.29, 0.717) is 5.56 Å².